The first-order chi connectivity index (χ1) is 11.4. The summed E-state index contributed by atoms with van der Waals surface area (Å²) >= 11 is 0. The minimum Gasteiger partial charge on any atom is -0.392 e. The lowest BCUT2D eigenvalue weighted by Crippen LogP contribution is -2.62. The summed E-state index contributed by atoms with van der Waals surface area (Å²) in [4.78, 5) is 16.4. The molecule has 1 heterocycles. The molecule has 2 atom stereocenters. The van der Waals surface area contributed by atoms with E-state index >= 15 is 0 Å². The van der Waals surface area contributed by atoms with E-state index in [2.05, 4.69) is 31.2 Å². The van der Waals surface area contributed by atoms with Gasteiger partial charge in [-0.1, -0.05) is 29.8 Å². The number of aryl methyl sites for hydroxylation is 1. The van der Waals surface area contributed by atoms with E-state index < -0.39 is 12.2 Å². The van der Waals surface area contributed by atoms with Gasteiger partial charge in [-0.05, 0) is 32.4 Å². The van der Waals surface area contributed by atoms with Crippen LogP contribution in [-0.2, 0) is 11.3 Å². The van der Waals surface area contributed by atoms with Crippen molar-refractivity contribution in [3.63, 3.8) is 0 Å². The molecule has 1 spiro atoms. The van der Waals surface area contributed by atoms with Gasteiger partial charge in [-0.3, -0.25) is 9.69 Å². The van der Waals surface area contributed by atoms with Crippen LogP contribution in [0.5, 0.6) is 0 Å². The maximum atomic E-state index is 12.5. The van der Waals surface area contributed by atoms with E-state index in [0.717, 1.165) is 6.54 Å². The normalized spacial score (nSPS) is 25.8. The third-order valence-corrected chi connectivity index (χ3v) is 5.80. The molecule has 132 valence electrons. The van der Waals surface area contributed by atoms with E-state index in [1.54, 1.807) is 0 Å². The topological polar surface area (TPSA) is 64.0 Å². The van der Waals surface area contributed by atoms with E-state index in [9.17, 15) is 15.0 Å². The molecule has 3 rings (SSSR count). The average Bonchev–Trinajstić information content (AvgIpc) is 2.57. The zero-order valence-electron chi connectivity index (χ0n) is 14.6. The summed E-state index contributed by atoms with van der Waals surface area (Å²) < 4.78 is 0. The molecule has 0 radical (unpaired) electrons. The number of rotatable bonds is 4. The van der Waals surface area contributed by atoms with E-state index in [-0.39, 0.29) is 11.3 Å². The van der Waals surface area contributed by atoms with Crippen molar-refractivity contribution in [1.29, 1.82) is 0 Å². The second-order valence-corrected chi connectivity index (χ2v) is 7.54. The monoisotopic (exact) mass is 332 g/mol. The summed E-state index contributed by atoms with van der Waals surface area (Å²) in [7, 11) is 1.96. The molecule has 0 aromatic heterocycles. The molecule has 1 saturated carbocycles. The largest absolute Gasteiger partial charge is 0.392 e. The second-order valence-electron chi connectivity index (χ2n) is 7.54. The molecule has 0 unspecified atom stereocenters. The fourth-order valence-corrected chi connectivity index (χ4v) is 3.97. The van der Waals surface area contributed by atoms with Gasteiger partial charge in [0.2, 0.25) is 5.91 Å². The van der Waals surface area contributed by atoms with Gasteiger partial charge in [-0.25, -0.2) is 0 Å². The van der Waals surface area contributed by atoms with Crippen LogP contribution in [0.2, 0.25) is 0 Å². The Balaban J connectivity index is 1.48. The molecule has 2 aliphatic rings. The summed E-state index contributed by atoms with van der Waals surface area (Å²) in [5.74, 6) is 0.128. The fraction of sp³-hybridized carbons (Fsp3) is 0.632. The molecule has 5 heteroatoms. The molecule has 2 N–H and O–H groups in total. The van der Waals surface area contributed by atoms with Crippen LogP contribution >= 0.6 is 0 Å². The van der Waals surface area contributed by atoms with Crippen molar-refractivity contribution >= 4 is 5.91 Å². The number of nitrogens with zero attached hydrogens (tertiary/aromatic N) is 2. The molecular weight excluding hydrogens is 304 g/mol. The molecule has 1 aromatic carbocycles. The van der Waals surface area contributed by atoms with Crippen LogP contribution < -0.4 is 0 Å². The number of carbonyl (C=O) groups is 1. The first kappa shape index (κ1) is 17.4. The number of hydrogen-bond donors (Lipinski definition) is 2. The smallest absolute Gasteiger partial charge is 0.236 e. The van der Waals surface area contributed by atoms with Crippen LogP contribution in [0.15, 0.2) is 24.3 Å². The summed E-state index contributed by atoms with van der Waals surface area (Å²) in [6.45, 7) is 4.47. The van der Waals surface area contributed by atoms with Crippen LogP contribution in [0.3, 0.4) is 0 Å². The van der Waals surface area contributed by atoms with Gasteiger partial charge in [-0.2, -0.15) is 0 Å². The van der Waals surface area contributed by atoms with E-state index in [0.29, 0.717) is 38.9 Å². The summed E-state index contributed by atoms with van der Waals surface area (Å²) in [6.07, 6.45) is 1.06. The number of amides is 1. The molecule has 1 aliphatic carbocycles. The van der Waals surface area contributed by atoms with Crippen molar-refractivity contribution in [3.8, 4) is 0 Å². The van der Waals surface area contributed by atoms with E-state index in [1.807, 2.05) is 16.8 Å². The Morgan fingerprint density at radius 2 is 1.79 bits per heavy atom. The molecule has 1 aromatic rings. The van der Waals surface area contributed by atoms with Gasteiger partial charge in [-0.15, -0.1) is 0 Å². The second kappa shape index (κ2) is 6.82. The third-order valence-electron chi connectivity index (χ3n) is 5.80. The molecular formula is C19H28N2O3. The van der Waals surface area contributed by atoms with Gasteiger partial charge >= 0.3 is 0 Å². The molecule has 2 fully saturated rings. The van der Waals surface area contributed by atoms with Gasteiger partial charge in [0.15, 0.2) is 0 Å². The molecule has 1 aliphatic heterocycles. The number of likely N-dealkylation sites (tertiary alicyclic amines) is 1. The van der Waals surface area contributed by atoms with Gasteiger partial charge in [0.1, 0.15) is 0 Å². The zero-order valence-corrected chi connectivity index (χ0v) is 14.6. The van der Waals surface area contributed by atoms with E-state index in [1.165, 1.54) is 11.1 Å². The van der Waals surface area contributed by atoms with Gasteiger partial charge in [0, 0.05) is 31.5 Å². The van der Waals surface area contributed by atoms with Crippen LogP contribution in [0.1, 0.15) is 30.4 Å². The maximum Gasteiger partial charge on any atom is 0.236 e. The predicted octanol–water partition coefficient (Wildman–Crippen LogP) is 1.16. The highest BCUT2D eigenvalue weighted by molar-refractivity contribution is 5.78. The molecule has 1 saturated heterocycles. The van der Waals surface area contributed by atoms with Gasteiger partial charge in [0.25, 0.3) is 0 Å². The third kappa shape index (κ3) is 3.34. The number of hydrogen-bond acceptors (Lipinski definition) is 4. The van der Waals surface area contributed by atoms with Crippen molar-refractivity contribution in [2.45, 2.75) is 44.9 Å². The van der Waals surface area contributed by atoms with Crippen LogP contribution in [0, 0.1) is 12.3 Å². The van der Waals surface area contributed by atoms with Crippen LogP contribution in [0.4, 0.5) is 0 Å². The Labute approximate surface area is 143 Å². The minimum absolute atomic E-state index is 0.128. The maximum absolute atomic E-state index is 12.5. The quantitative estimate of drug-likeness (QED) is 0.868. The molecule has 24 heavy (non-hydrogen) atoms. The lowest BCUT2D eigenvalue weighted by atomic mass is 9.58. The van der Waals surface area contributed by atoms with Crippen molar-refractivity contribution < 1.29 is 15.0 Å². The van der Waals surface area contributed by atoms with Crippen LogP contribution in [0.25, 0.3) is 0 Å². The zero-order chi connectivity index (χ0) is 17.3. The van der Waals surface area contributed by atoms with Crippen molar-refractivity contribution in [1.82, 2.24) is 9.80 Å². The number of likely N-dealkylation sites (N-methyl/N-ethyl adjacent to an activating group) is 1. The number of aliphatic hydroxyl groups excluding tert-OH is 2. The van der Waals surface area contributed by atoms with Gasteiger partial charge < -0.3 is 15.1 Å². The Bertz CT molecular complexity index is 569. The highest BCUT2D eigenvalue weighted by atomic mass is 16.3. The number of piperidine rings is 1. The van der Waals surface area contributed by atoms with Crippen molar-refractivity contribution in [3.05, 3.63) is 35.4 Å². The molecule has 1 amide bonds. The Hall–Kier alpha value is -1.43. The van der Waals surface area contributed by atoms with E-state index in [4.69, 9.17) is 0 Å². The lowest BCUT2D eigenvalue weighted by Gasteiger charge is -2.55. The SMILES string of the molecule is Cc1ccc(CN(C)CC(=O)N2CCC3(CC2)[C@H](O)C[C@@H]3O)cc1. The summed E-state index contributed by atoms with van der Waals surface area (Å²) in [5.41, 5.74) is 2.08. The highest BCUT2D eigenvalue weighted by Crippen LogP contribution is 2.49. The highest BCUT2D eigenvalue weighted by Gasteiger charge is 2.55. The Kier molecular flexibility index (Phi) is 4.95. The number of aliphatic hydroxyl groups is 2. The van der Waals surface area contributed by atoms with Crippen molar-refractivity contribution in [2.24, 2.45) is 5.41 Å². The fourth-order valence-electron chi connectivity index (χ4n) is 3.97. The van der Waals surface area contributed by atoms with Crippen molar-refractivity contribution in [2.75, 3.05) is 26.7 Å². The first-order valence-corrected chi connectivity index (χ1v) is 8.79. The van der Waals surface area contributed by atoms with Crippen LogP contribution in [-0.4, -0.2) is 64.8 Å². The molecule has 5 nitrogen and oxygen atoms in total. The Morgan fingerprint density at radius 1 is 1.21 bits per heavy atom. The number of benzene rings is 1. The first-order valence-electron chi connectivity index (χ1n) is 8.79. The average molecular weight is 332 g/mol. The lowest BCUT2D eigenvalue weighted by molar-refractivity contribution is -0.191. The summed E-state index contributed by atoms with van der Waals surface area (Å²) in [6, 6.07) is 8.37. The number of carbonyl (C=O) groups excluding carboxylic acids is 1. The predicted molar refractivity (Wildman–Crippen MR) is 92.4 cm³/mol. The minimum atomic E-state index is -0.408. The standard InChI is InChI=1S/C19H28N2O3/c1-14-3-5-15(6-4-14)12-20(2)13-18(24)21-9-7-19(8-10-21)16(22)11-17(19)23/h3-6,16-17,22-23H,7-13H2,1-2H3/t16-,17+. The van der Waals surface area contributed by atoms with Gasteiger partial charge in [0.05, 0.1) is 18.8 Å². The Morgan fingerprint density at radius 3 is 2.33 bits per heavy atom. The summed E-state index contributed by atoms with van der Waals surface area (Å²) in [5, 5.41) is 20.0. The molecule has 0 bridgehead atoms.